The first kappa shape index (κ1) is 23.9. The van der Waals surface area contributed by atoms with Crippen molar-refractivity contribution in [1.82, 2.24) is 9.62 Å². The fourth-order valence-corrected chi connectivity index (χ4v) is 5.38. The highest BCUT2D eigenvalue weighted by Gasteiger charge is 2.34. The molecule has 1 N–H and O–H groups in total. The van der Waals surface area contributed by atoms with Gasteiger partial charge < -0.3 is 19.5 Å². The largest absolute Gasteiger partial charge is 0.497 e. The van der Waals surface area contributed by atoms with Crippen LogP contribution in [0.1, 0.15) is 31.4 Å². The monoisotopic (exact) mass is 462 g/mol. The average molecular weight is 463 g/mol. The number of methoxy groups -OCH3 is 3. The van der Waals surface area contributed by atoms with E-state index in [1.54, 1.807) is 38.5 Å². The van der Waals surface area contributed by atoms with E-state index in [0.29, 0.717) is 36.6 Å². The maximum atomic E-state index is 13.1. The van der Waals surface area contributed by atoms with Gasteiger partial charge in [0.05, 0.1) is 38.2 Å². The summed E-state index contributed by atoms with van der Waals surface area (Å²) < 4.78 is 43.3. The summed E-state index contributed by atoms with van der Waals surface area (Å²) in [4.78, 5) is 13.2. The van der Waals surface area contributed by atoms with Gasteiger partial charge in [0.2, 0.25) is 15.9 Å². The molecule has 0 saturated carbocycles. The highest BCUT2D eigenvalue weighted by Crippen LogP contribution is 2.30. The molecule has 1 aliphatic rings. The summed E-state index contributed by atoms with van der Waals surface area (Å²) in [6.45, 7) is 2.39. The van der Waals surface area contributed by atoms with Crippen LogP contribution in [0.4, 0.5) is 0 Å². The van der Waals surface area contributed by atoms with Gasteiger partial charge in [-0.05, 0) is 62.2 Å². The minimum atomic E-state index is -3.69. The first-order valence-corrected chi connectivity index (χ1v) is 11.9. The molecular weight excluding hydrogens is 432 g/mol. The Morgan fingerprint density at radius 2 is 1.69 bits per heavy atom. The molecule has 0 bridgehead atoms. The van der Waals surface area contributed by atoms with Crippen LogP contribution in [-0.4, -0.2) is 53.0 Å². The number of amides is 1. The summed E-state index contributed by atoms with van der Waals surface area (Å²) in [5.74, 6) is 1.27. The second-order valence-electron chi connectivity index (χ2n) is 7.72. The molecule has 0 radical (unpaired) electrons. The van der Waals surface area contributed by atoms with Crippen molar-refractivity contribution in [2.45, 2.75) is 30.7 Å². The van der Waals surface area contributed by atoms with Gasteiger partial charge in [-0.2, -0.15) is 4.31 Å². The second kappa shape index (κ2) is 10.2. The van der Waals surface area contributed by atoms with Gasteiger partial charge >= 0.3 is 0 Å². The zero-order valence-corrected chi connectivity index (χ0v) is 19.6. The maximum absolute atomic E-state index is 13.1. The Balaban J connectivity index is 1.71. The van der Waals surface area contributed by atoms with Crippen molar-refractivity contribution in [2.75, 3.05) is 34.4 Å². The molecule has 1 amide bonds. The molecule has 32 heavy (non-hydrogen) atoms. The van der Waals surface area contributed by atoms with E-state index in [0.717, 1.165) is 5.56 Å². The van der Waals surface area contributed by atoms with Crippen molar-refractivity contribution >= 4 is 15.9 Å². The van der Waals surface area contributed by atoms with Crippen molar-refractivity contribution in [3.63, 3.8) is 0 Å². The molecule has 1 aliphatic heterocycles. The fourth-order valence-electron chi connectivity index (χ4n) is 3.86. The molecule has 8 nitrogen and oxygen atoms in total. The van der Waals surface area contributed by atoms with Crippen LogP contribution < -0.4 is 19.5 Å². The van der Waals surface area contributed by atoms with Gasteiger partial charge in [0.15, 0.2) is 0 Å². The van der Waals surface area contributed by atoms with Crippen LogP contribution in [0, 0.1) is 5.92 Å². The summed E-state index contributed by atoms with van der Waals surface area (Å²) in [6.07, 6.45) is 1.24. The molecule has 3 rings (SSSR count). The van der Waals surface area contributed by atoms with Gasteiger partial charge in [-0.3, -0.25) is 4.79 Å². The third-order valence-electron chi connectivity index (χ3n) is 5.71. The van der Waals surface area contributed by atoms with Crippen LogP contribution in [0.5, 0.6) is 17.2 Å². The number of piperidine rings is 1. The zero-order valence-electron chi connectivity index (χ0n) is 18.8. The highest BCUT2D eigenvalue weighted by atomic mass is 32.2. The van der Waals surface area contributed by atoms with Crippen molar-refractivity contribution in [3.05, 3.63) is 48.0 Å². The van der Waals surface area contributed by atoms with Crippen molar-refractivity contribution in [2.24, 2.45) is 5.92 Å². The van der Waals surface area contributed by atoms with Crippen LogP contribution in [0.2, 0.25) is 0 Å². The number of hydrogen-bond acceptors (Lipinski definition) is 6. The van der Waals surface area contributed by atoms with Gasteiger partial charge in [0.1, 0.15) is 17.2 Å². The summed E-state index contributed by atoms with van der Waals surface area (Å²) in [7, 11) is 0.985. The van der Waals surface area contributed by atoms with E-state index < -0.39 is 15.9 Å². The molecule has 1 heterocycles. The van der Waals surface area contributed by atoms with Crippen molar-refractivity contribution < 1.29 is 27.4 Å². The Labute approximate surface area is 189 Å². The predicted molar refractivity (Wildman–Crippen MR) is 121 cm³/mol. The number of nitrogens with zero attached hydrogens (tertiary/aromatic N) is 1. The Kier molecular flexibility index (Phi) is 7.63. The maximum Gasteiger partial charge on any atom is 0.243 e. The molecule has 9 heteroatoms. The van der Waals surface area contributed by atoms with Gasteiger partial charge in [0, 0.05) is 18.7 Å². The number of benzene rings is 2. The lowest BCUT2D eigenvalue weighted by atomic mass is 9.97. The minimum Gasteiger partial charge on any atom is -0.497 e. The zero-order chi connectivity index (χ0) is 23.3. The molecule has 1 saturated heterocycles. The van der Waals surface area contributed by atoms with Crippen molar-refractivity contribution in [3.8, 4) is 17.2 Å². The van der Waals surface area contributed by atoms with E-state index >= 15 is 0 Å². The lowest BCUT2D eigenvalue weighted by Gasteiger charge is -2.32. The molecule has 0 spiro atoms. The molecule has 174 valence electrons. The Hall–Kier alpha value is -2.78. The number of hydrogen-bond donors (Lipinski definition) is 1. The molecule has 2 atom stereocenters. The topological polar surface area (TPSA) is 94.2 Å². The number of carbonyl (C=O) groups is 1. The van der Waals surface area contributed by atoms with Crippen molar-refractivity contribution in [1.29, 1.82) is 0 Å². The summed E-state index contributed by atoms with van der Waals surface area (Å²) >= 11 is 0. The summed E-state index contributed by atoms with van der Waals surface area (Å²) in [5, 5.41) is 3.01. The highest BCUT2D eigenvalue weighted by molar-refractivity contribution is 7.89. The predicted octanol–water partition coefficient (Wildman–Crippen LogP) is 2.99. The summed E-state index contributed by atoms with van der Waals surface area (Å²) in [5.41, 5.74) is 0.790. The number of sulfonamides is 1. The lowest BCUT2D eigenvalue weighted by Crippen LogP contribution is -2.45. The molecular formula is C23H30N2O6S. The van der Waals surface area contributed by atoms with Gasteiger partial charge in [-0.15, -0.1) is 0 Å². The quantitative estimate of drug-likeness (QED) is 0.648. The van der Waals surface area contributed by atoms with Crippen LogP contribution in [0.15, 0.2) is 47.4 Å². The van der Waals surface area contributed by atoms with Gasteiger partial charge in [0.25, 0.3) is 0 Å². The van der Waals surface area contributed by atoms with E-state index in [9.17, 15) is 13.2 Å². The molecule has 0 aromatic heterocycles. The minimum absolute atomic E-state index is 0.141. The Morgan fingerprint density at radius 1 is 1.03 bits per heavy atom. The van der Waals surface area contributed by atoms with E-state index in [1.807, 2.05) is 13.0 Å². The van der Waals surface area contributed by atoms with Gasteiger partial charge in [-0.1, -0.05) is 0 Å². The third kappa shape index (κ3) is 5.16. The van der Waals surface area contributed by atoms with Gasteiger partial charge in [-0.25, -0.2) is 8.42 Å². The smallest absolute Gasteiger partial charge is 0.243 e. The Morgan fingerprint density at radius 3 is 2.31 bits per heavy atom. The average Bonchev–Trinajstić information content (AvgIpc) is 2.83. The normalized spacial score (nSPS) is 17.9. The SMILES string of the molecule is COc1ccc(S(=O)(=O)N2CCC[C@@H](C(=O)N[C@H](C)c3cc(OC)ccc3OC)C2)cc1. The molecule has 2 aromatic rings. The van der Waals surface area contributed by atoms with E-state index in [4.69, 9.17) is 14.2 Å². The number of rotatable bonds is 8. The van der Waals surface area contributed by atoms with Crippen LogP contribution >= 0.6 is 0 Å². The second-order valence-corrected chi connectivity index (χ2v) is 9.65. The summed E-state index contributed by atoms with van der Waals surface area (Å²) in [6, 6.07) is 11.4. The Bertz CT molecular complexity index is 1040. The third-order valence-corrected chi connectivity index (χ3v) is 7.59. The van der Waals surface area contributed by atoms with E-state index in [1.165, 1.54) is 23.5 Å². The first-order valence-electron chi connectivity index (χ1n) is 10.5. The van der Waals surface area contributed by atoms with Crippen LogP contribution in [0.25, 0.3) is 0 Å². The van der Waals surface area contributed by atoms with Crippen LogP contribution in [-0.2, 0) is 14.8 Å². The molecule has 1 fully saturated rings. The lowest BCUT2D eigenvalue weighted by molar-refractivity contribution is -0.126. The van der Waals surface area contributed by atoms with Crippen LogP contribution in [0.3, 0.4) is 0 Å². The molecule has 2 aromatic carbocycles. The number of carbonyl (C=O) groups excluding carboxylic acids is 1. The first-order chi connectivity index (χ1) is 15.3. The molecule has 0 unspecified atom stereocenters. The molecule has 0 aliphatic carbocycles. The standard InChI is InChI=1S/C23H30N2O6S/c1-16(21-14-19(30-3)9-12-22(21)31-4)24-23(26)17-6-5-13-25(15-17)32(27,28)20-10-7-18(29-2)8-11-20/h7-12,14,16-17H,5-6,13,15H2,1-4H3,(H,24,26)/t16-,17-/m1/s1. The number of ether oxygens (including phenoxy) is 3. The number of nitrogens with one attached hydrogen (secondary N) is 1. The van der Waals surface area contributed by atoms with E-state index in [-0.39, 0.29) is 23.4 Å². The fraction of sp³-hybridized carbons (Fsp3) is 0.435. The van der Waals surface area contributed by atoms with E-state index in [2.05, 4.69) is 5.32 Å².